The molecule has 3 rings (SSSR count). The predicted octanol–water partition coefficient (Wildman–Crippen LogP) is 2.92. The molecule has 2 aromatic rings. The molecule has 1 fully saturated rings. The number of aromatic amines is 1. The summed E-state index contributed by atoms with van der Waals surface area (Å²) >= 11 is 5.73. The number of alkyl halides is 1. The summed E-state index contributed by atoms with van der Waals surface area (Å²) < 4.78 is 0. The van der Waals surface area contributed by atoms with Gasteiger partial charge in [-0.1, -0.05) is 18.2 Å². The number of anilines is 1. The Bertz CT molecular complexity index is 711. The quantitative estimate of drug-likeness (QED) is 0.879. The molecule has 0 amide bonds. The summed E-state index contributed by atoms with van der Waals surface area (Å²) in [5.41, 5.74) is 3.56. The van der Waals surface area contributed by atoms with Crippen LogP contribution < -0.4 is 10.5 Å². The van der Waals surface area contributed by atoms with Crippen molar-refractivity contribution in [2.75, 3.05) is 38.1 Å². The van der Waals surface area contributed by atoms with Crippen LogP contribution >= 0.6 is 11.6 Å². The van der Waals surface area contributed by atoms with E-state index in [1.807, 2.05) is 6.07 Å². The number of hydrogen-bond donors (Lipinski definition) is 1. The number of nitrogens with zero attached hydrogens (tertiary/aromatic N) is 2. The van der Waals surface area contributed by atoms with Crippen molar-refractivity contribution < 1.29 is 0 Å². The fourth-order valence-electron chi connectivity index (χ4n) is 2.93. The van der Waals surface area contributed by atoms with Gasteiger partial charge in [0, 0.05) is 36.6 Å². The Morgan fingerprint density at radius 2 is 1.83 bits per heavy atom. The second-order valence-electron chi connectivity index (χ2n) is 6.05. The van der Waals surface area contributed by atoms with Gasteiger partial charge in [-0.3, -0.25) is 4.79 Å². The molecule has 122 valence electrons. The van der Waals surface area contributed by atoms with Gasteiger partial charge in [0.15, 0.2) is 0 Å². The van der Waals surface area contributed by atoms with E-state index < -0.39 is 0 Å². The molecule has 1 aromatic heterocycles. The van der Waals surface area contributed by atoms with Gasteiger partial charge in [0.1, 0.15) is 0 Å². The summed E-state index contributed by atoms with van der Waals surface area (Å²) in [6.07, 6.45) is 1.19. The lowest BCUT2D eigenvalue weighted by atomic mass is 10.1. The van der Waals surface area contributed by atoms with E-state index in [1.54, 1.807) is 6.07 Å². The highest BCUT2D eigenvalue weighted by molar-refractivity contribution is 6.17. The first-order valence-corrected chi connectivity index (χ1v) is 8.53. The van der Waals surface area contributed by atoms with Gasteiger partial charge in [0.2, 0.25) is 0 Å². The first kappa shape index (κ1) is 16.1. The molecule has 1 aliphatic rings. The van der Waals surface area contributed by atoms with E-state index >= 15 is 0 Å². The first-order chi connectivity index (χ1) is 11.2. The van der Waals surface area contributed by atoms with Crippen LogP contribution in [0.3, 0.4) is 0 Å². The second kappa shape index (κ2) is 7.20. The van der Waals surface area contributed by atoms with Crippen molar-refractivity contribution >= 4 is 17.3 Å². The molecule has 0 spiro atoms. The average Bonchev–Trinajstić information content (AvgIpc) is 2.79. The molecule has 0 saturated carbocycles. The topological polar surface area (TPSA) is 39.3 Å². The Morgan fingerprint density at radius 1 is 1.04 bits per heavy atom. The van der Waals surface area contributed by atoms with E-state index in [4.69, 9.17) is 11.6 Å². The van der Waals surface area contributed by atoms with Crippen molar-refractivity contribution in [1.29, 1.82) is 0 Å². The minimum Gasteiger partial charge on any atom is -0.370 e. The molecule has 1 saturated heterocycles. The SMILES string of the molecule is CN1CCCN(c2ccc(-c3ccc(CCl)c(=O)[nH]3)cc2)CC1. The zero-order valence-electron chi connectivity index (χ0n) is 13.4. The zero-order chi connectivity index (χ0) is 16.2. The number of nitrogens with one attached hydrogen (secondary N) is 1. The molecule has 0 atom stereocenters. The average molecular weight is 332 g/mol. The van der Waals surface area contributed by atoms with E-state index in [9.17, 15) is 4.79 Å². The van der Waals surface area contributed by atoms with Crippen molar-refractivity contribution in [1.82, 2.24) is 9.88 Å². The van der Waals surface area contributed by atoms with Gasteiger partial charge in [-0.2, -0.15) is 0 Å². The minimum atomic E-state index is -0.114. The number of H-pyrrole nitrogens is 1. The van der Waals surface area contributed by atoms with Crippen LogP contribution in [-0.4, -0.2) is 43.1 Å². The lowest BCUT2D eigenvalue weighted by molar-refractivity contribution is 0.360. The summed E-state index contributed by atoms with van der Waals surface area (Å²) in [5, 5.41) is 0. The van der Waals surface area contributed by atoms with Crippen molar-refractivity contribution in [3.63, 3.8) is 0 Å². The van der Waals surface area contributed by atoms with Gasteiger partial charge in [-0.25, -0.2) is 0 Å². The van der Waals surface area contributed by atoms with Crippen molar-refractivity contribution in [3.05, 3.63) is 52.3 Å². The minimum absolute atomic E-state index is 0.114. The Balaban J connectivity index is 1.79. The highest BCUT2D eigenvalue weighted by atomic mass is 35.5. The fraction of sp³-hybridized carbons (Fsp3) is 0.389. The predicted molar refractivity (Wildman–Crippen MR) is 96.4 cm³/mol. The molecule has 5 heteroatoms. The third-order valence-electron chi connectivity index (χ3n) is 4.40. The zero-order valence-corrected chi connectivity index (χ0v) is 14.1. The molecule has 2 heterocycles. The number of halogens is 1. The van der Waals surface area contributed by atoms with Crippen LogP contribution in [0.4, 0.5) is 5.69 Å². The lowest BCUT2D eigenvalue weighted by Gasteiger charge is -2.23. The second-order valence-corrected chi connectivity index (χ2v) is 6.32. The molecular weight excluding hydrogens is 310 g/mol. The van der Waals surface area contributed by atoms with Crippen LogP contribution in [0, 0.1) is 0 Å². The summed E-state index contributed by atoms with van der Waals surface area (Å²) in [6, 6.07) is 12.1. The van der Waals surface area contributed by atoms with Crippen LogP contribution in [0.15, 0.2) is 41.2 Å². The molecular formula is C18H22ClN3O. The van der Waals surface area contributed by atoms with Crippen LogP contribution in [0.25, 0.3) is 11.3 Å². The fourth-order valence-corrected chi connectivity index (χ4v) is 3.14. The molecule has 1 aliphatic heterocycles. The monoisotopic (exact) mass is 331 g/mol. The number of aromatic nitrogens is 1. The van der Waals surface area contributed by atoms with E-state index in [2.05, 4.69) is 46.1 Å². The molecule has 0 bridgehead atoms. The summed E-state index contributed by atoms with van der Waals surface area (Å²) in [4.78, 5) is 19.6. The number of benzene rings is 1. The largest absolute Gasteiger partial charge is 0.370 e. The smallest absolute Gasteiger partial charge is 0.252 e. The van der Waals surface area contributed by atoms with Crippen LogP contribution in [0.2, 0.25) is 0 Å². The summed E-state index contributed by atoms with van der Waals surface area (Å²) in [6.45, 7) is 4.39. The first-order valence-electron chi connectivity index (χ1n) is 7.99. The van der Waals surface area contributed by atoms with Crippen molar-refractivity contribution in [2.24, 2.45) is 0 Å². The van der Waals surface area contributed by atoms with Gasteiger partial charge in [0.25, 0.3) is 5.56 Å². The highest BCUT2D eigenvalue weighted by Crippen LogP contribution is 2.22. The van der Waals surface area contributed by atoms with Gasteiger partial charge in [-0.15, -0.1) is 11.6 Å². The normalized spacial score (nSPS) is 16.3. The maximum Gasteiger partial charge on any atom is 0.252 e. The molecule has 23 heavy (non-hydrogen) atoms. The summed E-state index contributed by atoms with van der Waals surface area (Å²) in [7, 11) is 2.17. The van der Waals surface area contributed by atoms with Gasteiger partial charge < -0.3 is 14.8 Å². The van der Waals surface area contributed by atoms with Gasteiger partial charge >= 0.3 is 0 Å². The van der Waals surface area contributed by atoms with E-state index in [1.165, 1.54) is 12.1 Å². The third kappa shape index (κ3) is 3.77. The van der Waals surface area contributed by atoms with Gasteiger partial charge in [0.05, 0.1) is 5.88 Å². The Hall–Kier alpha value is -1.78. The van der Waals surface area contributed by atoms with E-state index in [-0.39, 0.29) is 11.4 Å². The highest BCUT2D eigenvalue weighted by Gasteiger charge is 2.12. The van der Waals surface area contributed by atoms with Gasteiger partial charge in [-0.05, 0) is 43.8 Å². The van der Waals surface area contributed by atoms with E-state index in [0.29, 0.717) is 5.56 Å². The number of hydrogen-bond acceptors (Lipinski definition) is 3. The Kier molecular flexibility index (Phi) is 5.03. The Labute approximate surface area is 141 Å². The molecule has 0 unspecified atom stereocenters. The summed E-state index contributed by atoms with van der Waals surface area (Å²) in [5.74, 6) is 0.234. The number of pyridine rings is 1. The van der Waals surface area contributed by atoms with Crippen molar-refractivity contribution in [3.8, 4) is 11.3 Å². The molecule has 1 N–H and O–H groups in total. The van der Waals surface area contributed by atoms with Crippen molar-refractivity contribution in [2.45, 2.75) is 12.3 Å². The maximum absolute atomic E-state index is 11.9. The van der Waals surface area contributed by atoms with Crippen LogP contribution in [-0.2, 0) is 5.88 Å². The maximum atomic E-state index is 11.9. The standard InChI is InChI=1S/C18H22ClN3O/c1-21-9-2-10-22(12-11-21)16-6-3-14(4-7-16)17-8-5-15(13-19)18(23)20-17/h3-8H,2,9-13H2,1H3,(H,20,23). The third-order valence-corrected chi connectivity index (χ3v) is 4.69. The van der Waals surface area contributed by atoms with Crippen LogP contribution in [0.1, 0.15) is 12.0 Å². The number of rotatable bonds is 3. The Morgan fingerprint density at radius 3 is 2.52 bits per heavy atom. The van der Waals surface area contributed by atoms with Crippen LogP contribution in [0.5, 0.6) is 0 Å². The van der Waals surface area contributed by atoms with E-state index in [0.717, 1.165) is 37.4 Å². The molecule has 0 radical (unpaired) electrons. The lowest BCUT2D eigenvalue weighted by Crippen LogP contribution is -2.28. The molecule has 1 aromatic carbocycles. The molecule has 4 nitrogen and oxygen atoms in total. The number of likely N-dealkylation sites (N-methyl/N-ethyl adjacent to an activating group) is 1. The molecule has 0 aliphatic carbocycles.